The second-order valence-electron chi connectivity index (χ2n) is 8.13. The van der Waals surface area contributed by atoms with Gasteiger partial charge in [-0.25, -0.2) is 0 Å². The fourth-order valence-electron chi connectivity index (χ4n) is 4.42. The van der Waals surface area contributed by atoms with Crippen LogP contribution in [0.1, 0.15) is 25.3 Å². The minimum atomic E-state index is 0.528. The molecule has 0 saturated carbocycles. The van der Waals surface area contributed by atoms with Gasteiger partial charge in [0.1, 0.15) is 0 Å². The van der Waals surface area contributed by atoms with Crippen LogP contribution in [0.15, 0.2) is 78.9 Å². The molecule has 1 nitrogen and oxygen atoms in total. The lowest BCUT2D eigenvalue weighted by atomic mass is 9.98. The van der Waals surface area contributed by atoms with E-state index >= 15 is 0 Å². The summed E-state index contributed by atoms with van der Waals surface area (Å²) >= 11 is 1.89. The number of nitrogens with one attached hydrogen (secondary N) is 1. The van der Waals surface area contributed by atoms with E-state index in [2.05, 4.69) is 97.7 Å². The maximum absolute atomic E-state index is 3.58. The van der Waals surface area contributed by atoms with Crippen LogP contribution in [-0.2, 0) is 0 Å². The number of rotatable bonds is 2. The molecule has 0 aliphatic heterocycles. The minimum absolute atomic E-state index is 0.528. The zero-order chi connectivity index (χ0) is 19.5. The first-order chi connectivity index (χ1) is 14.2. The van der Waals surface area contributed by atoms with Gasteiger partial charge in [0.25, 0.3) is 0 Å². The van der Waals surface area contributed by atoms with Gasteiger partial charge in [0.15, 0.2) is 0 Å². The lowest BCUT2D eigenvalue weighted by Crippen LogP contribution is -1.85. The summed E-state index contributed by atoms with van der Waals surface area (Å²) in [7, 11) is 0. The van der Waals surface area contributed by atoms with Crippen LogP contribution in [0.3, 0.4) is 0 Å². The van der Waals surface area contributed by atoms with Crippen molar-refractivity contribution in [1.29, 1.82) is 0 Å². The monoisotopic (exact) mass is 391 g/mol. The molecule has 2 heterocycles. The van der Waals surface area contributed by atoms with Crippen molar-refractivity contribution < 1.29 is 0 Å². The molecule has 2 heteroatoms. The van der Waals surface area contributed by atoms with Crippen molar-refractivity contribution >= 4 is 53.3 Å². The fraction of sp³-hybridized carbons (Fsp3) is 0.111. The van der Waals surface area contributed by atoms with Gasteiger partial charge in [-0.3, -0.25) is 0 Å². The molecule has 6 aromatic rings. The van der Waals surface area contributed by atoms with E-state index in [1.54, 1.807) is 0 Å². The van der Waals surface area contributed by atoms with E-state index in [4.69, 9.17) is 0 Å². The molecule has 2 aromatic heterocycles. The van der Waals surface area contributed by atoms with Gasteiger partial charge in [-0.1, -0.05) is 62.4 Å². The van der Waals surface area contributed by atoms with Crippen LogP contribution >= 0.6 is 11.3 Å². The standard InChI is InChI=1S/C27H21NS/c1-16(2)17-10-12-24-22(14-17)23-15-18(11-13-25(23)28-24)19-7-5-8-21-20-6-3-4-9-26(20)29-27(19)21/h3-16,28H,1-2H3. The van der Waals surface area contributed by atoms with Crippen LogP contribution in [0.2, 0.25) is 0 Å². The van der Waals surface area contributed by atoms with E-state index in [-0.39, 0.29) is 0 Å². The first-order valence-corrected chi connectivity index (χ1v) is 11.0. The number of thiophene rings is 1. The maximum atomic E-state index is 3.58. The highest BCUT2D eigenvalue weighted by Crippen LogP contribution is 2.41. The SMILES string of the molecule is CC(C)c1ccc2[nH]c3ccc(-c4cccc5c4sc4ccccc45)cc3c2c1. The summed E-state index contributed by atoms with van der Waals surface area (Å²) in [6, 6.07) is 29.0. The largest absolute Gasteiger partial charge is 0.355 e. The molecule has 0 spiro atoms. The number of hydrogen-bond donors (Lipinski definition) is 1. The van der Waals surface area contributed by atoms with Crippen LogP contribution in [0.5, 0.6) is 0 Å². The van der Waals surface area contributed by atoms with Crippen molar-refractivity contribution in [3.8, 4) is 11.1 Å². The predicted octanol–water partition coefficient (Wildman–Crippen LogP) is 8.48. The molecule has 0 radical (unpaired) electrons. The van der Waals surface area contributed by atoms with Gasteiger partial charge < -0.3 is 4.98 Å². The molecule has 0 bridgehead atoms. The zero-order valence-electron chi connectivity index (χ0n) is 16.5. The Hall–Kier alpha value is -3.10. The number of hydrogen-bond acceptors (Lipinski definition) is 1. The summed E-state index contributed by atoms with van der Waals surface area (Å²) in [5.74, 6) is 0.528. The highest BCUT2D eigenvalue weighted by atomic mass is 32.1. The number of fused-ring (bicyclic) bond motifs is 6. The summed E-state index contributed by atoms with van der Waals surface area (Å²) in [4.78, 5) is 3.58. The van der Waals surface area contributed by atoms with Crippen molar-refractivity contribution in [1.82, 2.24) is 4.98 Å². The third-order valence-corrected chi connectivity index (χ3v) is 7.22. The molecule has 0 atom stereocenters. The maximum Gasteiger partial charge on any atom is 0.0465 e. The molecular formula is C27H21NS. The molecule has 0 amide bonds. The van der Waals surface area contributed by atoms with Gasteiger partial charge in [0.05, 0.1) is 0 Å². The van der Waals surface area contributed by atoms with Gasteiger partial charge in [0.2, 0.25) is 0 Å². The zero-order valence-corrected chi connectivity index (χ0v) is 17.3. The first kappa shape index (κ1) is 16.8. The molecular weight excluding hydrogens is 370 g/mol. The molecule has 29 heavy (non-hydrogen) atoms. The average molecular weight is 392 g/mol. The normalized spacial score (nSPS) is 12.1. The summed E-state index contributed by atoms with van der Waals surface area (Å²) in [6.07, 6.45) is 0. The summed E-state index contributed by atoms with van der Waals surface area (Å²) in [5, 5.41) is 5.32. The lowest BCUT2D eigenvalue weighted by Gasteiger charge is -2.06. The van der Waals surface area contributed by atoms with Crippen LogP contribution in [-0.4, -0.2) is 4.98 Å². The number of benzene rings is 4. The van der Waals surface area contributed by atoms with Crippen molar-refractivity contribution in [3.05, 3.63) is 84.4 Å². The van der Waals surface area contributed by atoms with Crippen molar-refractivity contribution in [2.75, 3.05) is 0 Å². The molecule has 140 valence electrons. The Morgan fingerprint density at radius 2 is 1.45 bits per heavy atom. The van der Waals surface area contributed by atoms with E-state index in [9.17, 15) is 0 Å². The molecule has 0 fully saturated rings. The van der Waals surface area contributed by atoms with Gasteiger partial charge in [-0.15, -0.1) is 11.3 Å². The second kappa shape index (κ2) is 6.20. The molecule has 6 rings (SSSR count). The van der Waals surface area contributed by atoms with E-state index in [1.807, 2.05) is 11.3 Å². The summed E-state index contributed by atoms with van der Waals surface area (Å²) in [5.41, 5.74) is 6.40. The quantitative estimate of drug-likeness (QED) is 0.304. The van der Waals surface area contributed by atoms with Crippen molar-refractivity contribution in [2.24, 2.45) is 0 Å². The van der Waals surface area contributed by atoms with Gasteiger partial charge in [-0.2, -0.15) is 0 Å². The predicted molar refractivity (Wildman–Crippen MR) is 128 cm³/mol. The van der Waals surface area contributed by atoms with E-state index in [0.717, 1.165) is 0 Å². The Labute approximate surface area is 173 Å². The van der Waals surface area contributed by atoms with Crippen LogP contribution in [0, 0.1) is 0 Å². The lowest BCUT2D eigenvalue weighted by molar-refractivity contribution is 0.869. The highest BCUT2D eigenvalue weighted by molar-refractivity contribution is 7.26. The van der Waals surface area contributed by atoms with Gasteiger partial charge >= 0.3 is 0 Å². The minimum Gasteiger partial charge on any atom is -0.355 e. The van der Waals surface area contributed by atoms with E-state index in [1.165, 1.54) is 58.7 Å². The molecule has 0 aliphatic carbocycles. The Morgan fingerprint density at radius 3 is 2.31 bits per heavy atom. The first-order valence-electron chi connectivity index (χ1n) is 10.1. The van der Waals surface area contributed by atoms with E-state index < -0.39 is 0 Å². The number of H-pyrrole nitrogens is 1. The van der Waals surface area contributed by atoms with Crippen molar-refractivity contribution in [2.45, 2.75) is 19.8 Å². The second-order valence-corrected chi connectivity index (χ2v) is 9.18. The Balaban J connectivity index is 1.63. The number of aromatic nitrogens is 1. The Morgan fingerprint density at radius 1 is 0.690 bits per heavy atom. The van der Waals surface area contributed by atoms with Gasteiger partial charge in [0, 0.05) is 42.0 Å². The third kappa shape index (κ3) is 2.53. The Bertz CT molecular complexity index is 1530. The van der Waals surface area contributed by atoms with Crippen LogP contribution in [0.25, 0.3) is 53.1 Å². The van der Waals surface area contributed by atoms with Crippen LogP contribution in [0.4, 0.5) is 0 Å². The summed E-state index contributed by atoms with van der Waals surface area (Å²) in [6.45, 7) is 4.51. The van der Waals surface area contributed by atoms with Crippen molar-refractivity contribution in [3.63, 3.8) is 0 Å². The molecule has 0 unspecified atom stereocenters. The third-order valence-electron chi connectivity index (χ3n) is 6.00. The highest BCUT2D eigenvalue weighted by Gasteiger charge is 2.12. The Kier molecular flexibility index (Phi) is 3.60. The smallest absolute Gasteiger partial charge is 0.0465 e. The summed E-state index contributed by atoms with van der Waals surface area (Å²) < 4.78 is 2.72. The molecule has 1 N–H and O–H groups in total. The van der Waals surface area contributed by atoms with E-state index in [0.29, 0.717) is 5.92 Å². The fourth-order valence-corrected chi connectivity index (χ4v) is 5.65. The number of aromatic amines is 1. The molecule has 0 aliphatic rings. The average Bonchev–Trinajstić information content (AvgIpc) is 3.30. The van der Waals surface area contributed by atoms with Gasteiger partial charge in [-0.05, 0) is 52.9 Å². The van der Waals surface area contributed by atoms with Crippen LogP contribution < -0.4 is 0 Å². The molecule has 4 aromatic carbocycles. The molecule has 0 saturated heterocycles. The topological polar surface area (TPSA) is 15.8 Å².